The molecule has 9 atom stereocenters. The first kappa shape index (κ1) is 25.1. The topological polar surface area (TPSA) is 108 Å². The highest BCUT2D eigenvalue weighted by atomic mass is 16.4. The fourth-order valence-corrected chi connectivity index (χ4v) is 11.5. The molecule has 0 aromatic heterocycles. The lowest BCUT2D eigenvalue weighted by Crippen LogP contribution is -2.67. The van der Waals surface area contributed by atoms with Crippen molar-refractivity contribution in [1.29, 1.82) is 0 Å². The van der Waals surface area contributed by atoms with Crippen LogP contribution in [0.1, 0.15) is 106 Å². The summed E-state index contributed by atoms with van der Waals surface area (Å²) in [5.74, 6) is 1.73. The molecule has 0 unspecified atom stereocenters. The standard InChI is InChI=1S/C29H47N3O3/c1-17(31-34)18-9-14-29(24(30)33)16-15-27(5)19(23(18)29)7-8-21-26(4)12-11-22(32-35)25(2,3)20(26)10-13-28(21,27)6/h18-21,23,34-35H,7-16H2,1-6H3,(H2,30,33)/b31-17+,32-22-/t18-,19+,20-,21+,23+,26-,27+,28+,29-/m0/s1. The minimum atomic E-state index is -0.454. The van der Waals surface area contributed by atoms with E-state index in [1.165, 1.54) is 12.8 Å². The number of nitrogens with zero attached hydrogens (tertiary/aromatic N) is 2. The van der Waals surface area contributed by atoms with Gasteiger partial charge in [0.25, 0.3) is 0 Å². The van der Waals surface area contributed by atoms with Crippen molar-refractivity contribution in [2.24, 2.45) is 72.7 Å². The Morgan fingerprint density at radius 2 is 1.60 bits per heavy atom. The van der Waals surface area contributed by atoms with Crippen LogP contribution in [-0.2, 0) is 4.79 Å². The van der Waals surface area contributed by atoms with Gasteiger partial charge in [0.1, 0.15) is 0 Å². The van der Waals surface area contributed by atoms with Crippen LogP contribution in [0.4, 0.5) is 0 Å². The molecule has 0 heterocycles. The maximum absolute atomic E-state index is 13.0. The van der Waals surface area contributed by atoms with Gasteiger partial charge in [0.2, 0.25) is 5.91 Å². The molecule has 0 saturated heterocycles. The van der Waals surface area contributed by atoms with Gasteiger partial charge in [-0.25, -0.2) is 0 Å². The second kappa shape index (κ2) is 7.71. The number of hydrogen-bond acceptors (Lipinski definition) is 5. The van der Waals surface area contributed by atoms with E-state index in [4.69, 9.17) is 5.73 Å². The summed E-state index contributed by atoms with van der Waals surface area (Å²) >= 11 is 0. The van der Waals surface area contributed by atoms with Gasteiger partial charge in [-0.3, -0.25) is 4.79 Å². The summed E-state index contributed by atoms with van der Waals surface area (Å²) in [7, 11) is 0. The second-order valence-corrected chi connectivity index (χ2v) is 14.4. The fourth-order valence-electron chi connectivity index (χ4n) is 11.5. The number of rotatable bonds is 2. The lowest BCUT2D eigenvalue weighted by atomic mass is 9.32. The molecule has 0 aromatic rings. The van der Waals surface area contributed by atoms with Gasteiger partial charge in [0.15, 0.2) is 0 Å². The van der Waals surface area contributed by atoms with Crippen molar-refractivity contribution in [2.75, 3.05) is 0 Å². The molecule has 5 aliphatic carbocycles. The van der Waals surface area contributed by atoms with Crippen LogP contribution in [0.3, 0.4) is 0 Å². The summed E-state index contributed by atoms with van der Waals surface area (Å²) in [5, 5.41) is 26.9. The maximum Gasteiger partial charge on any atom is 0.223 e. The maximum atomic E-state index is 13.0. The first-order valence-electron chi connectivity index (χ1n) is 14.0. The number of carbonyl (C=O) groups is 1. The van der Waals surface area contributed by atoms with E-state index in [0.717, 1.165) is 62.8 Å². The van der Waals surface area contributed by atoms with E-state index in [9.17, 15) is 15.2 Å². The lowest BCUT2D eigenvalue weighted by molar-refractivity contribution is -0.226. The molecule has 0 aliphatic heterocycles. The molecule has 196 valence electrons. The third kappa shape index (κ3) is 2.91. The highest BCUT2D eigenvalue weighted by Gasteiger charge is 2.71. The molecule has 5 rings (SSSR count). The van der Waals surface area contributed by atoms with Crippen LogP contribution in [0.15, 0.2) is 10.3 Å². The van der Waals surface area contributed by atoms with Crippen molar-refractivity contribution in [3.8, 4) is 0 Å². The Kier molecular flexibility index (Phi) is 5.52. The van der Waals surface area contributed by atoms with Crippen molar-refractivity contribution in [3.05, 3.63) is 0 Å². The summed E-state index contributed by atoms with van der Waals surface area (Å²) in [6.07, 6.45) is 10.3. The Labute approximate surface area is 211 Å². The van der Waals surface area contributed by atoms with Gasteiger partial charge < -0.3 is 16.1 Å². The van der Waals surface area contributed by atoms with E-state index in [1.807, 2.05) is 6.92 Å². The minimum absolute atomic E-state index is 0.0836. The zero-order valence-electron chi connectivity index (χ0n) is 22.7. The molecular weight excluding hydrogens is 438 g/mol. The van der Waals surface area contributed by atoms with Gasteiger partial charge in [0.05, 0.1) is 16.8 Å². The molecule has 0 bridgehead atoms. The van der Waals surface area contributed by atoms with Crippen LogP contribution in [0.25, 0.3) is 0 Å². The van der Waals surface area contributed by atoms with E-state index in [2.05, 4.69) is 44.9 Å². The largest absolute Gasteiger partial charge is 0.411 e. The monoisotopic (exact) mass is 485 g/mol. The molecule has 0 spiro atoms. The van der Waals surface area contributed by atoms with Crippen molar-refractivity contribution in [3.63, 3.8) is 0 Å². The number of nitrogens with two attached hydrogens (primary N) is 1. The third-order valence-electron chi connectivity index (χ3n) is 13.5. The summed E-state index contributed by atoms with van der Waals surface area (Å²) in [6, 6.07) is 0. The third-order valence-corrected chi connectivity index (χ3v) is 13.5. The summed E-state index contributed by atoms with van der Waals surface area (Å²) in [6.45, 7) is 14.2. The number of hydrogen-bond donors (Lipinski definition) is 3. The molecular formula is C29H47N3O3. The number of oxime groups is 2. The average molecular weight is 486 g/mol. The van der Waals surface area contributed by atoms with E-state index in [1.54, 1.807) is 0 Å². The predicted molar refractivity (Wildman–Crippen MR) is 137 cm³/mol. The van der Waals surface area contributed by atoms with Gasteiger partial charge in [-0.2, -0.15) is 0 Å². The van der Waals surface area contributed by atoms with Crippen LogP contribution in [0.2, 0.25) is 0 Å². The zero-order valence-corrected chi connectivity index (χ0v) is 22.7. The SMILES string of the molecule is C/C(=N\O)[C@@H]1CC[C@]2(C(N)=O)CC[C@]3(C)[C@H](CC[C@@H]4[C@@]5(C)CC/C(=N/O)C(C)(C)[C@@H]5CC[C@]43C)[C@@H]12. The van der Waals surface area contributed by atoms with Gasteiger partial charge >= 0.3 is 0 Å². The van der Waals surface area contributed by atoms with Crippen LogP contribution in [0.5, 0.6) is 0 Å². The van der Waals surface area contributed by atoms with Gasteiger partial charge in [-0.05, 0) is 111 Å². The Morgan fingerprint density at radius 1 is 0.886 bits per heavy atom. The Morgan fingerprint density at radius 3 is 2.23 bits per heavy atom. The molecule has 5 saturated carbocycles. The van der Waals surface area contributed by atoms with Crippen LogP contribution in [-0.4, -0.2) is 27.7 Å². The Hall–Kier alpha value is -1.59. The smallest absolute Gasteiger partial charge is 0.223 e. The quantitative estimate of drug-likeness (QED) is 0.245. The van der Waals surface area contributed by atoms with Gasteiger partial charge in [-0.15, -0.1) is 0 Å². The normalized spacial score (nSPS) is 52.2. The van der Waals surface area contributed by atoms with Crippen molar-refractivity contribution < 1.29 is 15.2 Å². The molecule has 1 amide bonds. The molecule has 0 aromatic carbocycles. The summed E-state index contributed by atoms with van der Waals surface area (Å²) < 4.78 is 0. The van der Waals surface area contributed by atoms with Crippen LogP contribution >= 0.6 is 0 Å². The lowest BCUT2D eigenvalue weighted by Gasteiger charge is -2.72. The molecule has 4 N–H and O–H groups in total. The van der Waals surface area contributed by atoms with E-state index < -0.39 is 5.41 Å². The minimum Gasteiger partial charge on any atom is -0.411 e. The molecule has 5 aliphatic rings. The number of primary amides is 1. The highest BCUT2D eigenvalue weighted by molar-refractivity contribution is 5.90. The predicted octanol–water partition coefficient (Wildman–Crippen LogP) is 6.23. The van der Waals surface area contributed by atoms with Gasteiger partial charge in [0, 0.05) is 11.3 Å². The molecule has 5 fully saturated rings. The van der Waals surface area contributed by atoms with E-state index in [-0.39, 0.29) is 39.4 Å². The molecule has 35 heavy (non-hydrogen) atoms. The van der Waals surface area contributed by atoms with E-state index >= 15 is 0 Å². The number of fused-ring (bicyclic) bond motifs is 7. The van der Waals surface area contributed by atoms with Crippen LogP contribution < -0.4 is 5.73 Å². The van der Waals surface area contributed by atoms with Crippen LogP contribution in [0, 0.1) is 56.7 Å². The first-order valence-corrected chi connectivity index (χ1v) is 14.0. The first-order chi connectivity index (χ1) is 16.3. The van der Waals surface area contributed by atoms with Gasteiger partial charge in [-0.1, -0.05) is 44.9 Å². The average Bonchev–Trinajstić information content (AvgIpc) is 3.20. The second-order valence-electron chi connectivity index (χ2n) is 14.4. The number of amides is 1. The molecule has 6 nitrogen and oxygen atoms in total. The highest BCUT2D eigenvalue weighted by Crippen LogP contribution is 2.77. The van der Waals surface area contributed by atoms with Crippen molar-refractivity contribution in [1.82, 2.24) is 0 Å². The number of carbonyl (C=O) groups excluding carboxylic acids is 1. The zero-order chi connectivity index (χ0) is 25.6. The Balaban J connectivity index is 1.57. The summed E-state index contributed by atoms with van der Waals surface area (Å²) in [4.78, 5) is 13.0. The van der Waals surface area contributed by atoms with E-state index in [0.29, 0.717) is 17.8 Å². The van der Waals surface area contributed by atoms with Crippen molar-refractivity contribution in [2.45, 2.75) is 106 Å². The molecule has 6 heteroatoms. The van der Waals surface area contributed by atoms with Crippen molar-refractivity contribution >= 4 is 17.3 Å². The Bertz CT molecular complexity index is 974. The summed E-state index contributed by atoms with van der Waals surface area (Å²) in [5.41, 5.74) is 7.91. The molecule has 0 radical (unpaired) electrons. The fraction of sp³-hybridized carbons (Fsp3) is 0.897.